The Bertz CT molecular complexity index is 398. The quantitative estimate of drug-likeness (QED) is 0.796. The van der Waals surface area contributed by atoms with Crippen LogP contribution >= 0.6 is 0 Å². The summed E-state index contributed by atoms with van der Waals surface area (Å²) in [6.45, 7) is 6.75. The molecule has 0 bridgehead atoms. The molecule has 1 amide bonds. The number of amides is 1. The second-order valence-corrected chi connectivity index (χ2v) is 4.92. The number of carbonyl (C=O) groups is 1. The molecule has 3 N–H and O–H groups in total. The number of nitrogens with two attached hydrogens (primary N) is 1. The van der Waals surface area contributed by atoms with E-state index in [1.165, 1.54) is 0 Å². The van der Waals surface area contributed by atoms with Crippen LogP contribution in [0, 0.1) is 5.92 Å². The van der Waals surface area contributed by atoms with Gasteiger partial charge in [-0.2, -0.15) is 5.10 Å². The number of hydrogen-bond acceptors (Lipinski definition) is 3. The highest BCUT2D eigenvalue weighted by Crippen LogP contribution is 2.10. The van der Waals surface area contributed by atoms with Gasteiger partial charge < -0.3 is 11.1 Å². The maximum absolute atomic E-state index is 12.2. The second kappa shape index (κ2) is 6.54. The van der Waals surface area contributed by atoms with Crippen LogP contribution in [0.5, 0.6) is 0 Å². The number of rotatable bonds is 6. The van der Waals surface area contributed by atoms with Crippen molar-refractivity contribution in [2.45, 2.75) is 39.7 Å². The predicted octanol–water partition coefficient (Wildman–Crippen LogP) is 1.09. The van der Waals surface area contributed by atoms with Gasteiger partial charge in [0.15, 0.2) is 0 Å². The summed E-state index contributed by atoms with van der Waals surface area (Å²) in [5, 5.41) is 7.33. The van der Waals surface area contributed by atoms with Crippen LogP contribution < -0.4 is 11.1 Å². The van der Waals surface area contributed by atoms with E-state index in [-0.39, 0.29) is 11.9 Å². The Morgan fingerprint density at radius 2 is 2.22 bits per heavy atom. The minimum Gasteiger partial charge on any atom is -0.349 e. The number of carbonyl (C=O) groups excluding carboxylic acids is 1. The third-order valence-corrected chi connectivity index (χ3v) is 3.08. The molecule has 1 aromatic heterocycles. The minimum atomic E-state index is -0.0490. The standard InChI is InChI=1S/C13H24N4O/c1-5-11-10(8-17(4)16-11)13(18)15-12(6-7-14)9(2)3/h8-9,12H,5-7,14H2,1-4H3,(H,15,18). The molecule has 0 aliphatic heterocycles. The Morgan fingerprint density at radius 1 is 1.56 bits per heavy atom. The summed E-state index contributed by atoms with van der Waals surface area (Å²) in [5.41, 5.74) is 7.08. The van der Waals surface area contributed by atoms with Crippen molar-refractivity contribution in [2.24, 2.45) is 18.7 Å². The van der Waals surface area contributed by atoms with Gasteiger partial charge in [0.25, 0.3) is 5.91 Å². The highest BCUT2D eigenvalue weighted by atomic mass is 16.1. The van der Waals surface area contributed by atoms with Gasteiger partial charge in [0.05, 0.1) is 11.3 Å². The lowest BCUT2D eigenvalue weighted by Crippen LogP contribution is -2.40. The summed E-state index contributed by atoms with van der Waals surface area (Å²) in [5.74, 6) is 0.325. The Kier molecular flexibility index (Phi) is 5.34. The van der Waals surface area contributed by atoms with E-state index in [4.69, 9.17) is 5.73 Å². The highest BCUT2D eigenvalue weighted by molar-refractivity contribution is 5.95. The molecule has 0 radical (unpaired) electrons. The van der Waals surface area contributed by atoms with Crippen molar-refractivity contribution in [3.63, 3.8) is 0 Å². The molecule has 0 aliphatic rings. The minimum absolute atomic E-state index is 0.0490. The Hall–Kier alpha value is -1.36. The van der Waals surface area contributed by atoms with E-state index in [9.17, 15) is 4.79 Å². The third-order valence-electron chi connectivity index (χ3n) is 3.08. The Balaban J connectivity index is 2.79. The maximum Gasteiger partial charge on any atom is 0.254 e. The van der Waals surface area contributed by atoms with Crippen molar-refractivity contribution in [1.82, 2.24) is 15.1 Å². The van der Waals surface area contributed by atoms with Gasteiger partial charge in [-0.15, -0.1) is 0 Å². The van der Waals surface area contributed by atoms with E-state index >= 15 is 0 Å². The van der Waals surface area contributed by atoms with Gasteiger partial charge >= 0.3 is 0 Å². The van der Waals surface area contributed by atoms with E-state index in [0.29, 0.717) is 18.0 Å². The number of aromatic nitrogens is 2. The van der Waals surface area contributed by atoms with Crippen molar-refractivity contribution < 1.29 is 4.79 Å². The van der Waals surface area contributed by atoms with Crippen LogP contribution in [-0.4, -0.2) is 28.3 Å². The van der Waals surface area contributed by atoms with Crippen molar-refractivity contribution in [3.05, 3.63) is 17.5 Å². The molecule has 1 heterocycles. The van der Waals surface area contributed by atoms with Gasteiger partial charge in [0.1, 0.15) is 0 Å². The molecule has 1 aromatic rings. The van der Waals surface area contributed by atoms with Crippen molar-refractivity contribution in [1.29, 1.82) is 0 Å². The smallest absolute Gasteiger partial charge is 0.254 e. The van der Waals surface area contributed by atoms with Gasteiger partial charge in [-0.3, -0.25) is 9.48 Å². The van der Waals surface area contributed by atoms with E-state index in [0.717, 1.165) is 18.5 Å². The molecule has 18 heavy (non-hydrogen) atoms. The Labute approximate surface area is 109 Å². The lowest BCUT2D eigenvalue weighted by Gasteiger charge is -2.21. The lowest BCUT2D eigenvalue weighted by atomic mass is 10.0. The van der Waals surface area contributed by atoms with E-state index in [2.05, 4.69) is 24.3 Å². The summed E-state index contributed by atoms with van der Waals surface area (Å²) in [6, 6.07) is 0.118. The summed E-state index contributed by atoms with van der Waals surface area (Å²) in [7, 11) is 1.83. The van der Waals surface area contributed by atoms with Gasteiger partial charge in [-0.05, 0) is 25.3 Å². The normalized spacial score (nSPS) is 12.8. The monoisotopic (exact) mass is 252 g/mol. The molecule has 0 saturated carbocycles. The molecular formula is C13H24N4O. The molecule has 0 aliphatic carbocycles. The summed E-state index contributed by atoms with van der Waals surface area (Å²) in [6.07, 6.45) is 3.33. The van der Waals surface area contributed by atoms with Crippen molar-refractivity contribution in [3.8, 4) is 0 Å². The molecular weight excluding hydrogens is 228 g/mol. The first-order valence-corrected chi connectivity index (χ1v) is 6.53. The first-order valence-electron chi connectivity index (χ1n) is 6.53. The van der Waals surface area contributed by atoms with Gasteiger partial charge in [-0.25, -0.2) is 0 Å². The molecule has 0 saturated heterocycles. The van der Waals surface area contributed by atoms with Gasteiger partial charge in [-0.1, -0.05) is 20.8 Å². The van der Waals surface area contributed by atoms with E-state index in [1.807, 2.05) is 14.0 Å². The number of nitrogens with one attached hydrogen (secondary N) is 1. The Morgan fingerprint density at radius 3 is 2.72 bits per heavy atom. The number of hydrogen-bond donors (Lipinski definition) is 2. The van der Waals surface area contributed by atoms with Gasteiger partial charge in [0, 0.05) is 19.3 Å². The van der Waals surface area contributed by atoms with Crippen molar-refractivity contribution in [2.75, 3.05) is 6.54 Å². The van der Waals surface area contributed by atoms with E-state index < -0.39 is 0 Å². The van der Waals surface area contributed by atoms with Crippen LogP contribution in [0.3, 0.4) is 0 Å². The van der Waals surface area contributed by atoms with E-state index in [1.54, 1.807) is 10.9 Å². The zero-order valence-electron chi connectivity index (χ0n) is 11.7. The summed E-state index contributed by atoms with van der Waals surface area (Å²) in [4.78, 5) is 12.2. The fraction of sp³-hybridized carbons (Fsp3) is 0.692. The van der Waals surface area contributed by atoms with Gasteiger partial charge in [0.2, 0.25) is 0 Å². The van der Waals surface area contributed by atoms with Crippen LogP contribution in [-0.2, 0) is 13.5 Å². The number of aryl methyl sites for hydroxylation is 2. The zero-order valence-corrected chi connectivity index (χ0v) is 11.7. The van der Waals surface area contributed by atoms with Crippen LogP contribution in [0.25, 0.3) is 0 Å². The predicted molar refractivity (Wildman–Crippen MR) is 72.3 cm³/mol. The zero-order chi connectivity index (χ0) is 13.7. The topological polar surface area (TPSA) is 72.9 Å². The molecule has 102 valence electrons. The molecule has 5 nitrogen and oxygen atoms in total. The molecule has 1 unspecified atom stereocenters. The van der Waals surface area contributed by atoms with Crippen LogP contribution in [0.15, 0.2) is 6.20 Å². The average molecular weight is 252 g/mol. The van der Waals surface area contributed by atoms with Crippen LogP contribution in [0.1, 0.15) is 43.2 Å². The van der Waals surface area contributed by atoms with Crippen LogP contribution in [0.4, 0.5) is 0 Å². The molecule has 0 spiro atoms. The first kappa shape index (κ1) is 14.7. The number of nitrogens with zero attached hydrogens (tertiary/aromatic N) is 2. The lowest BCUT2D eigenvalue weighted by molar-refractivity contribution is 0.0923. The summed E-state index contributed by atoms with van der Waals surface area (Å²) < 4.78 is 1.68. The second-order valence-electron chi connectivity index (χ2n) is 4.92. The fourth-order valence-electron chi connectivity index (χ4n) is 1.98. The van der Waals surface area contributed by atoms with Crippen molar-refractivity contribution >= 4 is 5.91 Å². The van der Waals surface area contributed by atoms with Crippen LogP contribution in [0.2, 0.25) is 0 Å². The maximum atomic E-state index is 12.2. The molecule has 1 atom stereocenters. The molecule has 5 heteroatoms. The largest absolute Gasteiger partial charge is 0.349 e. The first-order chi connectivity index (χ1) is 8.49. The average Bonchev–Trinajstić information content (AvgIpc) is 2.69. The third kappa shape index (κ3) is 3.57. The summed E-state index contributed by atoms with van der Waals surface area (Å²) >= 11 is 0. The molecule has 1 rings (SSSR count). The molecule has 0 aromatic carbocycles. The fourth-order valence-corrected chi connectivity index (χ4v) is 1.98. The SMILES string of the molecule is CCc1nn(C)cc1C(=O)NC(CCN)C(C)C. The highest BCUT2D eigenvalue weighted by Gasteiger charge is 2.19. The molecule has 0 fully saturated rings.